The Balaban J connectivity index is 2.51. The lowest BCUT2D eigenvalue weighted by atomic mass is 10.1. The van der Waals surface area contributed by atoms with E-state index in [0.29, 0.717) is 12.1 Å². The summed E-state index contributed by atoms with van der Waals surface area (Å²) in [5, 5.41) is 17.7. The van der Waals surface area contributed by atoms with Gasteiger partial charge in [-0.25, -0.2) is 0 Å². The van der Waals surface area contributed by atoms with Gasteiger partial charge in [0.1, 0.15) is 0 Å². The molecule has 0 aliphatic carbocycles. The molecule has 0 radical (unpaired) electrons. The van der Waals surface area contributed by atoms with E-state index < -0.39 is 6.10 Å². The van der Waals surface area contributed by atoms with E-state index in [9.17, 15) is 5.11 Å². The number of benzene rings is 1. The summed E-state index contributed by atoms with van der Waals surface area (Å²) in [7, 11) is 1.80. The average molecular weight is 206 g/mol. The molecule has 4 heteroatoms. The van der Waals surface area contributed by atoms with Crippen LogP contribution >= 0.6 is 0 Å². The van der Waals surface area contributed by atoms with Crippen molar-refractivity contribution < 1.29 is 9.63 Å². The van der Waals surface area contributed by atoms with E-state index >= 15 is 0 Å². The molecular formula is C11H14N2O2. The minimum Gasteiger partial charge on any atom is -0.387 e. The number of hydrogen-bond acceptors (Lipinski definition) is 4. The predicted molar refractivity (Wildman–Crippen MR) is 57.6 cm³/mol. The van der Waals surface area contributed by atoms with E-state index in [1.165, 1.54) is 0 Å². The van der Waals surface area contributed by atoms with Crippen LogP contribution in [0.1, 0.15) is 17.4 Å². The number of aliphatic hydroxyl groups excluding tert-OH is 1. The zero-order chi connectivity index (χ0) is 10.8. The summed E-state index contributed by atoms with van der Waals surface area (Å²) in [6.45, 7) is 2.39. The molecule has 0 saturated carbocycles. The molecule has 0 aliphatic rings. The Labute approximate surface area is 87.9 Å². The fourth-order valence-electron chi connectivity index (χ4n) is 1.67. The van der Waals surface area contributed by atoms with Gasteiger partial charge in [0, 0.05) is 17.5 Å². The highest BCUT2D eigenvalue weighted by molar-refractivity contribution is 5.82. The summed E-state index contributed by atoms with van der Waals surface area (Å²) in [5.74, 6) is 0. The lowest BCUT2D eigenvalue weighted by molar-refractivity contribution is 0.177. The van der Waals surface area contributed by atoms with Gasteiger partial charge in [-0.15, -0.1) is 0 Å². The lowest BCUT2D eigenvalue weighted by Gasteiger charge is -2.09. The van der Waals surface area contributed by atoms with Crippen molar-refractivity contribution >= 4 is 11.0 Å². The summed E-state index contributed by atoms with van der Waals surface area (Å²) in [5.41, 5.74) is 2.31. The van der Waals surface area contributed by atoms with Crippen LogP contribution in [0.3, 0.4) is 0 Å². The van der Waals surface area contributed by atoms with Crippen LogP contribution in [0, 0.1) is 6.92 Å². The second-order valence-corrected chi connectivity index (χ2v) is 3.57. The molecular weight excluding hydrogens is 192 g/mol. The summed E-state index contributed by atoms with van der Waals surface area (Å²) in [6.07, 6.45) is -0.564. The number of aliphatic hydroxyl groups is 1. The van der Waals surface area contributed by atoms with Crippen LogP contribution in [-0.4, -0.2) is 23.9 Å². The van der Waals surface area contributed by atoms with E-state index in [1.807, 2.05) is 25.1 Å². The van der Waals surface area contributed by atoms with Crippen molar-refractivity contribution in [2.45, 2.75) is 13.0 Å². The summed E-state index contributed by atoms with van der Waals surface area (Å²) < 4.78 is 5.21. The molecule has 2 aromatic rings. The van der Waals surface area contributed by atoms with Gasteiger partial charge in [-0.2, -0.15) is 0 Å². The molecule has 1 heterocycles. The second-order valence-electron chi connectivity index (χ2n) is 3.57. The zero-order valence-corrected chi connectivity index (χ0v) is 8.82. The highest BCUT2D eigenvalue weighted by Crippen LogP contribution is 2.25. The van der Waals surface area contributed by atoms with Crippen molar-refractivity contribution in [3.05, 3.63) is 29.5 Å². The Bertz CT molecular complexity index is 465. The largest absolute Gasteiger partial charge is 0.387 e. The summed E-state index contributed by atoms with van der Waals surface area (Å²) >= 11 is 0. The molecule has 15 heavy (non-hydrogen) atoms. The van der Waals surface area contributed by atoms with Crippen molar-refractivity contribution in [3.63, 3.8) is 0 Å². The topological polar surface area (TPSA) is 58.3 Å². The van der Waals surface area contributed by atoms with Crippen molar-refractivity contribution in [1.29, 1.82) is 0 Å². The molecule has 2 N–H and O–H groups in total. The Morgan fingerprint density at radius 1 is 1.53 bits per heavy atom. The van der Waals surface area contributed by atoms with Crippen LogP contribution in [0.4, 0.5) is 0 Å². The molecule has 1 atom stereocenters. The number of likely N-dealkylation sites (N-methyl/N-ethyl adjacent to an activating group) is 1. The van der Waals surface area contributed by atoms with Gasteiger partial charge in [0.15, 0.2) is 5.58 Å². The number of nitrogens with one attached hydrogen (secondary N) is 1. The number of nitrogens with zero attached hydrogens (tertiary/aromatic N) is 1. The van der Waals surface area contributed by atoms with Gasteiger partial charge in [-0.05, 0) is 20.0 Å². The molecule has 4 nitrogen and oxygen atoms in total. The maximum Gasteiger partial charge on any atom is 0.172 e. The molecule has 0 aliphatic heterocycles. The third-order valence-electron chi connectivity index (χ3n) is 2.47. The first-order chi connectivity index (χ1) is 7.24. The Morgan fingerprint density at radius 2 is 2.33 bits per heavy atom. The van der Waals surface area contributed by atoms with Gasteiger partial charge in [0.25, 0.3) is 0 Å². The van der Waals surface area contributed by atoms with Crippen LogP contribution in [0.5, 0.6) is 0 Å². The molecule has 1 aromatic carbocycles. The molecule has 1 aromatic heterocycles. The van der Waals surface area contributed by atoms with Crippen LogP contribution in [0.25, 0.3) is 11.0 Å². The van der Waals surface area contributed by atoms with E-state index in [1.54, 1.807) is 7.05 Å². The van der Waals surface area contributed by atoms with Crippen molar-refractivity contribution in [1.82, 2.24) is 10.5 Å². The van der Waals surface area contributed by atoms with Gasteiger partial charge in [-0.3, -0.25) is 0 Å². The van der Waals surface area contributed by atoms with Gasteiger partial charge in [0.2, 0.25) is 0 Å². The third kappa shape index (κ3) is 1.73. The quantitative estimate of drug-likeness (QED) is 0.796. The molecule has 0 fully saturated rings. The minimum atomic E-state index is -0.564. The highest BCUT2D eigenvalue weighted by atomic mass is 16.5. The van der Waals surface area contributed by atoms with Gasteiger partial charge in [0.05, 0.1) is 11.8 Å². The average Bonchev–Trinajstić information content (AvgIpc) is 2.61. The number of aryl methyl sites for hydroxylation is 1. The molecule has 0 saturated heterocycles. The lowest BCUT2D eigenvalue weighted by Crippen LogP contribution is -2.16. The summed E-state index contributed by atoms with van der Waals surface area (Å²) in [4.78, 5) is 0. The van der Waals surface area contributed by atoms with Crippen molar-refractivity contribution in [2.75, 3.05) is 13.6 Å². The third-order valence-corrected chi connectivity index (χ3v) is 2.47. The number of para-hydroxylation sites is 1. The van der Waals surface area contributed by atoms with Crippen LogP contribution in [0.2, 0.25) is 0 Å². The Kier molecular flexibility index (Phi) is 2.70. The van der Waals surface area contributed by atoms with Gasteiger partial charge in [-0.1, -0.05) is 17.3 Å². The molecule has 1 unspecified atom stereocenters. The van der Waals surface area contributed by atoms with Crippen molar-refractivity contribution in [3.8, 4) is 0 Å². The van der Waals surface area contributed by atoms with E-state index in [4.69, 9.17) is 4.52 Å². The molecule has 0 amide bonds. The first-order valence-electron chi connectivity index (χ1n) is 4.91. The summed E-state index contributed by atoms with van der Waals surface area (Å²) in [6, 6.07) is 5.70. The first kappa shape index (κ1) is 10.1. The van der Waals surface area contributed by atoms with Gasteiger partial charge >= 0.3 is 0 Å². The molecule has 2 rings (SSSR count). The second kappa shape index (κ2) is 4.00. The smallest absolute Gasteiger partial charge is 0.172 e. The predicted octanol–water partition coefficient (Wildman–Crippen LogP) is 1.39. The Morgan fingerprint density at radius 3 is 3.07 bits per heavy atom. The van der Waals surface area contributed by atoms with E-state index in [-0.39, 0.29) is 0 Å². The fraction of sp³-hybridized carbons (Fsp3) is 0.364. The number of rotatable bonds is 3. The Hall–Kier alpha value is -1.39. The number of hydrogen-bond donors (Lipinski definition) is 2. The number of aromatic nitrogens is 1. The molecule has 0 spiro atoms. The van der Waals surface area contributed by atoms with Crippen LogP contribution < -0.4 is 5.32 Å². The number of fused-ring (bicyclic) bond motifs is 1. The zero-order valence-electron chi connectivity index (χ0n) is 8.82. The van der Waals surface area contributed by atoms with Crippen LogP contribution in [0.15, 0.2) is 22.7 Å². The first-order valence-corrected chi connectivity index (χ1v) is 4.91. The monoisotopic (exact) mass is 206 g/mol. The molecule has 0 bridgehead atoms. The maximum atomic E-state index is 9.88. The van der Waals surface area contributed by atoms with Crippen LogP contribution in [-0.2, 0) is 0 Å². The van der Waals surface area contributed by atoms with Gasteiger partial charge < -0.3 is 14.9 Å². The minimum absolute atomic E-state index is 0.499. The molecule has 80 valence electrons. The SMILES string of the molecule is CNCC(O)c1cccc2c(C)noc12. The maximum absolute atomic E-state index is 9.88. The standard InChI is InChI=1S/C11H14N2O2/c1-7-8-4-3-5-9(10(14)6-12-2)11(8)15-13-7/h3-5,10,12,14H,6H2,1-2H3. The van der Waals surface area contributed by atoms with Crippen molar-refractivity contribution in [2.24, 2.45) is 0 Å². The van der Waals surface area contributed by atoms with E-state index in [0.717, 1.165) is 16.6 Å². The fourth-order valence-corrected chi connectivity index (χ4v) is 1.67. The normalized spacial score (nSPS) is 13.3. The highest BCUT2D eigenvalue weighted by Gasteiger charge is 2.14. The van der Waals surface area contributed by atoms with E-state index in [2.05, 4.69) is 10.5 Å².